The number of oxime groups is 1. The van der Waals surface area contributed by atoms with Gasteiger partial charge in [-0.05, 0) is 13.8 Å². The minimum absolute atomic E-state index is 0.287. The van der Waals surface area contributed by atoms with Crippen molar-refractivity contribution in [3.05, 3.63) is 0 Å². The van der Waals surface area contributed by atoms with Crippen molar-refractivity contribution in [3.63, 3.8) is 0 Å². The van der Waals surface area contributed by atoms with E-state index < -0.39 is 0 Å². The van der Waals surface area contributed by atoms with Crippen molar-refractivity contribution < 1.29 is 4.84 Å². The van der Waals surface area contributed by atoms with Gasteiger partial charge in [0.1, 0.15) is 6.10 Å². The molecular formula is C6H11NO. The first-order chi connectivity index (χ1) is 3.72. The Labute approximate surface area is 49.5 Å². The van der Waals surface area contributed by atoms with Gasteiger partial charge < -0.3 is 4.84 Å². The molecule has 2 heteroatoms. The van der Waals surface area contributed by atoms with E-state index in [0.29, 0.717) is 5.92 Å². The van der Waals surface area contributed by atoms with Gasteiger partial charge in [-0.2, -0.15) is 0 Å². The zero-order valence-electron chi connectivity index (χ0n) is 5.51. The predicted octanol–water partition coefficient (Wildman–Crippen LogP) is 1.42. The molecule has 8 heavy (non-hydrogen) atoms. The second kappa shape index (κ2) is 1.77. The molecule has 1 aliphatic heterocycles. The van der Waals surface area contributed by atoms with E-state index in [1.165, 1.54) is 0 Å². The van der Waals surface area contributed by atoms with Gasteiger partial charge in [-0.25, -0.2) is 0 Å². The number of nitrogens with zero attached hydrogens (tertiary/aromatic N) is 1. The molecule has 0 saturated heterocycles. The van der Waals surface area contributed by atoms with Crippen LogP contribution in [0.5, 0.6) is 0 Å². The molecule has 1 rings (SSSR count). The lowest BCUT2D eigenvalue weighted by molar-refractivity contribution is 0.0799. The third-order valence-electron chi connectivity index (χ3n) is 1.73. The number of hydrogen-bond donors (Lipinski definition) is 0. The minimum Gasteiger partial charge on any atom is -0.392 e. The van der Waals surface area contributed by atoms with Gasteiger partial charge in [-0.15, -0.1) is 0 Å². The first kappa shape index (κ1) is 5.60. The van der Waals surface area contributed by atoms with Crippen molar-refractivity contribution in [2.75, 3.05) is 0 Å². The van der Waals surface area contributed by atoms with Gasteiger partial charge in [0.05, 0.1) is 5.71 Å². The first-order valence-electron chi connectivity index (χ1n) is 2.92. The van der Waals surface area contributed by atoms with E-state index in [9.17, 15) is 0 Å². The molecule has 0 fully saturated rings. The van der Waals surface area contributed by atoms with Gasteiger partial charge >= 0.3 is 0 Å². The lowest BCUT2D eigenvalue weighted by atomic mass is 10.0. The summed E-state index contributed by atoms with van der Waals surface area (Å²) in [7, 11) is 0. The highest BCUT2D eigenvalue weighted by atomic mass is 16.6. The fourth-order valence-electron chi connectivity index (χ4n) is 0.680. The fraction of sp³-hybridized carbons (Fsp3) is 0.833. The molecule has 0 aromatic rings. The molecule has 2 atom stereocenters. The molecule has 0 aliphatic carbocycles. The van der Waals surface area contributed by atoms with E-state index in [4.69, 9.17) is 4.84 Å². The fourth-order valence-corrected chi connectivity index (χ4v) is 0.680. The van der Waals surface area contributed by atoms with E-state index in [2.05, 4.69) is 12.1 Å². The lowest BCUT2D eigenvalue weighted by Crippen LogP contribution is -2.13. The van der Waals surface area contributed by atoms with Crippen molar-refractivity contribution in [1.29, 1.82) is 0 Å². The SMILES string of the molecule is CC1=NOC(C)[C@H]1C. The zero-order chi connectivity index (χ0) is 6.15. The van der Waals surface area contributed by atoms with E-state index in [1.807, 2.05) is 13.8 Å². The van der Waals surface area contributed by atoms with Crippen LogP contribution in [0.15, 0.2) is 5.16 Å². The monoisotopic (exact) mass is 113 g/mol. The van der Waals surface area contributed by atoms with Crippen LogP contribution < -0.4 is 0 Å². The topological polar surface area (TPSA) is 21.6 Å². The summed E-state index contributed by atoms with van der Waals surface area (Å²) < 4.78 is 0. The number of hydrogen-bond acceptors (Lipinski definition) is 2. The van der Waals surface area contributed by atoms with Crippen LogP contribution in [-0.2, 0) is 4.84 Å². The van der Waals surface area contributed by atoms with Gasteiger partial charge in [-0.3, -0.25) is 0 Å². The zero-order valence-corrected chi connectivity index (χ0v) is 5.51. The average Bonchev–Trinajstić information content (AvgIpc) is 1.98. The van der Waals surface area contributed by atoms with Crippen molar-refractivity contribution in [1.82, 2.24) is 0 Å². The predicted molar refractivity (Wildman–Crippen MR) is 32.8 cm³/mol. The van der Waals surface area contributed by atoms with Gasteiger partial charge in [0.2, 0.25) is 0 Å². The van der Waals surface area contributed by atoms with Crippen LogP contribution in [0.1, 0.15) is 20.8 Å². The quantitative estimate of drug-likeness (QED) is 0.465. The maximum Gasteiger partial charge on any atom is 0.132 e. The molecule has 0 saturated carbocycles. The third kappa shape index (κ3) is 0.703. The highest BCUT2D eigenvalue weighted by molar-refractivity contribution is 5.84. The summed E-state index contributed by atoms with van der Waals surface area (Å²) in [6, 6.07) is 0. The van der Waals surface area contributed by atoms with E-state index in [-0.39, 0.29) is 6.10 Å². The van der Waals surface area contributed by atoms with Crippen molar-refractivity contribution in [2.45, 2.75) is 26.9 Å². The molecule has 0 amide bonds. The summed E-state index contributed by atoms with van der Waals surface area (Å²) in [6.07, 6.45) is 0.287. The maximum absolute atomic E-state index is 4.97. The highest BCUT2D eigenvalue weighted by Gasteiger charge is 2.22. The van der Waals surface area contributed by atoms with Crippen LogP contribution in [-0.4, -0.2) is 11.8 Å². The maximum atomic E-state index is 4.97. The van der Waals surface area contributed by atoms with Crippen LogP contribution in [0.3, 0.4) is 0 Å². The summed E-state index contributed by atoms with van der Waals surface area (Å²) in [6.45, 7) is 6.15. The first-order valence-corrected chi connectivity index (χ1v) is 2.92. The van der Waals surface area contributed by atoms with Crippen LogP contribution >= 0.6 is 0 Å². The van der Waals surface area contributed by atoms with Crippen molar-refractivity contribution in [2.24, 2.45) is 11.1 Å². The normalized spacial score (nSPS) is 36.6. The van der Waals surface area contributed by atoms with Gasteiger partial charge in [-0.1, -0.05) is 12.1 Å². The Balaban J connectivity index is 2.59. The van der Waals surface area contributed by atoms with Gasteiger partial charge in [0.25, 0.3) is 0 Å². The van der Waals surface area contributed by atoms with E-state index in [1.54, 1.807) is 0 Å². The number of rotatable bonds is 0. The molecule has 0 bridgehead atoms. The van der Waals surface area contributed by atoms with E-state index in [0.717, 1.165) is 5.71 Å². The molecule has 0 radical (unpaired) electrons. The van der Waals surface area contributed by atoms with Crippen LogP contribution in [0.4, 0.5) is 0 Å². The molecule has 1 aliphatic rings. The van der Waals surface area contributed by atoms with Crippen molar-refractivity contribution >= 4 is 5.71 Å². The molecule has 46 valence electrons. The van der Waals surface area contributed by atoms with Crippen LogP contribution in [0, 0.1) is 5.92 Å². The molecule has 0 aromatic carbocycles. The summed E-state index contributed by atoms with van der Waals surface area (Å²) in [5.74, 6) is 0.509. The smallest absolute Gasteiger partial charge is 0.132 e. The lowest BCUT2D eigenvalue weighted by Gasteiger charge is -2.04. The summed E-state index contributed by atoms with van der Waals surface area (Å²) in [4.78, 5) is 4.97. The average molecular weight is 113 g/mol. The molecule has 2 nitrogen and oxygen atoms in total. The molecule has 0 spiro atoms. The highest BCUT2D eigenvalue weighted by Crippen LogP contribution is 2.15. The largest absolute Gasteiger partial charge is 0.392 e. The molecule has 0 N–H and O–H groups in total. The summed E-state index contributed by atoms with van der Waals surface area (Å²) >= 11 is 0. The van der Waals surface area contributed by atoms with Crippen molar-refractivity contribution in [3.8, 4) is 0 Å². The molecule has 1 heterocycles. The molecule has 0 aromatic heterocycles. The third-order valence-corrected chi connectivity index (χ3v) is 1.73. The van der Waals surface area contributed by atoms with E-state index >= 15 is 0 Å². The minimum atomic E-state index is 0.287. The van der Waals surface area contributed by atoms with Crippen LogP contribution in [0.2, 0.25) is 0 Å². The second-order valence-corrected chi connectivity index (χ2v) is 2.33. The standard InChI is InChI=1S/C6H11NO/c1-4-5(2)7-8-6(4)3/h4,6H,1-3H3/t4-,6?/m0/s1. The second-order valence-electron chi connectivity index (χ2n) is 2.33. The Morgan fingerprint density at radius 3 is 2.25 bits per heavy atom. The summed E-state index contributed by atoms with van der Waals surface area (Å²) in [5, 5.41) is 3.81. The Kier molecular flexibility index (Phi) is 1.24. The van der Waals surface area contributed by atoms with Gasteiger partial charge in [0.15, 0.2) is 0 Å². The van der Waals surface area contributed by atoms with Gasteiger partial charge in [0, 0.05) is 5.92 Å². The molecular weight excluding hydrogens is 102 g/mol. The Bertz CT molecular complexity index is 120. The van der Waals surface area contributed by atoms with Crippen LogP contribution in [0.25, 0.3) is 0 Å². The summed E-state index contributed by atoms with van der Waals surface area (Å²) in [5.41, 5.74) is 1.11. The Morgan fingerprint density at radius 1 is 1.50 bits per heavy atom. The Hall–Kier alpha value is -0.530. The Morgan fingerprint density at radius 2 is 2.12 bits per heavy atom. The molecule has 1 unspecified atom stereocenters.